The van der Waals surface area contributed by atoms with Crippen LogP contribution in [0, 0.1) is 0 Å². The van der Waals surface area contributed by atoms with Crippen molar-refractivity contribution in [3.8, 4) is 0 Å². The summed E-state index contributed by atoms with van der Waals surface area (Å²) >= 11 is 0. The van der Waals surface area contributed by atoms with Gasteiger partial charge in [-0.3, -0.25) is 4.98 Å². The average Bonchev–Trinajstić information content (AvgIpc) is 2.77. The van der Waals surface area contributed by atoms with E-state index in [1.54, 1.807) is 32.9 Å². The van der Waals surface area contributed by atoms with Crippen LogP contribution in [0.15, 0.2) is 24.5 Å². The lowest BCUT2D eigenvalue weighted by atomic mass is 9.87. The molecule has 1 aromatic rings. The summed E-state index contributed by atoms with van der Waals surface area (Å²) in [5.74, 6) is -2.57. The standard InChI is InChI=1S/C15H19FN2O4/c1-14(2,3)22-13(21)18-8-11(10-5-4-6-17-7-10)15(16,9-18)12(19)20/h4-7,11H,8-9H2,1-3H3,(H,19,20)/t11-,15-/m0/s1. The molecule has 7 heteroatoms. The molecule has 0 spiro atoms. The van der Waals surface area contributed by atoms with Crippen LogP contribution in [0.3, 0.4) is 0 Å². The Morgan fingerprint density at radius 3 is 2.68 bits per heavy atom. The van der Waals surface area contributed by atoms with Crippen LogP contribution in [0.1, 0.15) is 32.3 Å². The molecule has 0 saturated carbocycles. The van der Waals surface area contributed by atoms with Crippen LogP contribution in [0.25, 0.3) is 0 Å². The molecule has 22 heavy (non-hydrogen) atoms. The van der Waals surface area contributed by atoms with Crippen LogP contribution in [0.5, 0.6) is 0 Å². The average molecular weight is 310 g/mol. The minimum absolute atomic E-state index is 0.0661. The first-order chi connectivity index (χ1) is 10.1. The van der Waals surface area contributed by atoms with Crippen molar-refractivity contribution in [2.24, 2.45) is 0 Å². The molecule has 0 radical (unpaired) electrons. The van der Waals surface area contributed by atoms with Gasteiger partial charge in [0.2, 0.25) is 5.67 Å². The zero-order valence-electron chi connectivity index (χ0n) is 12.7. The van der Waals surface area contributed by atoms with Gasteiger partial charge in [0.15, 0.2) is 0 Å². The molecular weight excluding hydrogens is 291 g/mol. The van der Waals surface area contributed by atoms with Crippen LogP contribution in [-0.4, -0.2) is 51.4 Å². The highest BCUT2D eigenvalue weighted by Gasteiger charge is 2.56. The quantitative estimate of drug-likeness (QED) is 0.906. The Morgan fingerprint density at radius 1 is 1.50 bits per heavy atom. The van der Waals surface area contributed by atoms with Gasteiger partial charge in [0.1, 0.15) is 5.60 Å². The van der Waals surface area contributed by atoms with Crippen molar-refractivity contribution in [1.29, 1.82) is 0 Å². The highest BCUT2D eigenvalue weighted by Crippen LogP contribution is 2.39. The molecule has 0 aromatic carbocycles. The third-order valence-electron chi connectivity index (χ3n) is 3.47. The lowest BCUT2D eigenvalue weighted by molar-refractivity contribution is -0.150. The van der Waals surface area contributed by atoms with Gasteiger partial charge in [-0.05, 0) is 32.4 Å². The molecule has 2 heterocycles. The van der Waals surface area contributed by atoms with Gasteiger partial charge in [-0.15, -0.1) is 0 Å². The predicted octanol–water partition coefficient (Wildman–Crippen LogP) is 2.21. The van der Waals surface area contributed by atoms with Crippen LogP contribution in [0.4, 0.5) is 9.18 Å². The number of carboxylic acid groups (broad SMARTS) is 1. The van der Waals surface area contributed by atoms with Crippen molar-refractivity contribution >= 4 is 12.1 Å². The predicted molar refractivity (Wildman–Crippen MR) is 76.3 cm³/mol. The first-order valence-corrected chi connectivity index (χ1v) is 6.93. The Labute approximate surface area is 127 Å². The highest BCUT2D eigenvalue weighted by molar-refractivity contribution is 5.82. The maximum Gasteiger partial charge on any atom is 0.410 e. The maximum atomic E-state index is 15.0. The number of pyridine rings is 1. The number of halogens is 1. The smallest absolute Gasteiger partial charge is 0.410 e. The molecule has 1 aliphatic heterocycles. The number of aliphatic carboxylic acids is 1. The van der Waals surface area contributed by atoms with E-state index in [1.165, 1.54) is 12.4 Å². The number of hydrogen-bond donors (Lipinski definition) is 1. The van der Waals surface area contributed by atoms with Crippen LogP contribution in [0.2, 0.25) is 0 Å². The third-order valence-corrected chi connectivity index (χ3v) is 3.47. The number of carboxylic acids is 1. The summed E-state index contributed by atoms with van der Waals surface area (Å²) in [6.45, 7) is 4.47. The summed E-state index contributed by atoms with van der Waals surface area (Å²) in [6, 6.07) is 3.21. The SMILES string of the molecule is CC(C)(C)OC(=O)N1C[C@@H](c2cccnc2)[C@](F)(C(=O)O)C1. The Bertz CT molecular complexity index is 573. The molecule has 1 saturated heterocycles. The van der Waals surface area contributed by atoms with Gasteiger partial charge in [-0.1, -0.05) is 6.07 Å². The van der Waals surface area contributed by atoms with Gasteiger partial charge in [0.25, 0.3) is 0 Å². The molecule has 1 aromatic heterocycles. The number of ether oxygens (including phenoxy) is 1. The van der Waals surface area contributed by atoms with Gasteiger partial charge in [-0.25, -0.2) is 14.0 Å². The summed E-state index contributed by atoms with van der Waals surface area (Å²) in [6.07, 6.45) is 2.22. The highest BCUT2D eigenvalue weighted by atomic mass is 19.1. The second kappa shape index (κ2) is 5.55. The Morgan fingerprint density at radius 2 is 2.18 bits per heavy atom. The molecule has 1 fully saturated rings. The van der Waals surface area contributed by atoms with E-state index in [4.69, 9.17) is 4.74 Å². The molecule has 1 aliphatic rings. The number of carbonyl (C=O) groups is 2. The second-order valence-corrected chi connectivity index (χ2v) is 6.37. The summed E-state index contributed by atoms with van der Waals surface area (Å²) in [5.41, 5.74) is -2.84. The van der Waals surface area contributed by atoms with E-state index in [0.29, 0.717) is 5.56 Å². The van der Waals surface area contributed by atoms with Crippen molar-refractivity contribution in [3.05, 3.63) is 30.1 Å². The molecule has 1 N–H and O–H groups in total. The van der Waals surface area contributed by atoms with Gasteiger partial charge >= 0.3 is 12.1 Å². The number of nitrogens with zero attached hydrogens (tertiary/aromatic N) is 2. The maximum absolute atomic E-state index is 15.0. The zero-order valence-corrected chi connectivity index (χ0v) is 12.7. The van der Waals surface area contributed by atoms with Gasteiger partial charge < -0.3 is 14.7 Å². The normalized spacial score (nSPS) is 25.1. The third kappa shape index (κ3) is 3.18. The Hall–Kier alpha value is -2.18. The molecule has 0 bridgehead atoms. The van der Waals surface area contributed by atoms with E-state index in [1.807, 2.05) is 0 Å². The second-order valence-electron chi connectivity index (χ2n) is 6.37. The van der Waals surface area contributed by atoms with Crippen LogP contribution < -0.4 is 0 Å². The summed E-state index contributed by atoms with van der Waals surface area (Å²) in [5, 5.41) is 9.26. The number of hydrogen-bond acceptors (Lipinski definition) is 4. The van der Waals surface area contributed by atoms with Crippen molar-refractivity contribution in [3.63, 3.8) is 0 Å². The van der Waals surface area contributed by atoms with E-state index in [0.717, 1.165) is 4.90 Å². The Balaban J connectivity index is 2.27. The number of aromatic nitrogens is 1. The zero-order chi connectivity index (χ0) is 16.5. The first kappa shape index (κ1) is 16.2. The van der Waals surface area contributed by atoms with E-state index in [2.05, 4.69) is 4.98 Å². The summed E-state index contributed by atoms with van der Waals surface area (Å²) in [4.78, 5) is 28.4. The largest absolute Gasteiger partial charge is 0.479 e. The van der Waals surface area contributed by atoms with E-state index in [9.17, 15) is 19.1 Å². The fourth-order valence-electron chi connectivity index (χ4n) is 2.45. The molecule has 120 valence electrons. The molecule has 2 rings (SSSR count). The Kier molecular flexibility index (Phi) is 4.08. The lowest BCUT2D eigenvalue weighted by Crippen LogP contribution is -2.42. The molecule has 1 amide bonds. The van der Waals surface area contributed by atoms with Crippen LogP contribution in [-0.2, 0) is 9.53 Å². The molecule has 0 unspecified atom stereocenters. The topological polar surface area (TPSA) is 79.7 Å². The fraction of sp³-hybridized carbons (Fsp3) is 0.533. The first-order valence-electron chi connectivity index (χ1n) is 6.93. The number of likely N-dealkylation sites (tertiary alicyclic amines) is 1. The number of amides is 1. The number of alkyl halides is 1. The van der Waals surface area contributed by atoms with E-state index < -0.39 is 35.8 Å². The van der Waals surface area contributed by atoms with Gasteiger partial charge in [0.05, 0.1) is 12.5 Å². The van der Waals surface area contributed by atoms with Crippen molar-refractivity contribution in [2.45, 2.75) is 38.0 Å². The van der Waals surface area contributed by atoms with Gasteiger partial charge in [0, 0.05) is 18.9 Å². The molecule has 6 nitrogen and oxygen atoms in total. The van der Waals surface area contributed by atoms with E-state index in [-0.39, 0.29) is 6.54 Å². The van der Waals surface area contributed by atoms with E-state index >= 15 is 0 Å². The molecular formula is C15H19FN2O4. The van der Waals surface area contributed by atoms with Crippen molar-refractivity contribution in [2.75, 3.05) is 13.1 Å². The summed E-state index contributed by atoms with van der Waals surface area (Å²) in [7, 11) is 0. The molecule has 2 atom stereocenters. The van der Waals surface area contributed by atoms with Gasteiger partial charge in [-0.2, -0.15) is 0 Å². The summed E-state index contributed by atoms with van der Waals surface area (Å²) < 4.78 is 20.1. The minimum atomic E-state index is -2.56. The van der Waals surface area contributed by atoms with Crippen molar-refractivity contribution < 1.29 is 23.8 Å². The fourth-order valence-corrected chi connectivity index (χ4v) is 2.45. The minimum Gasteiger partial charge on any atom is -0.479 e. The van der Waals surface area contributed by atoms with Crippen molar-refractivity contribution in [1.82, 2.24) is 9.88 Å². The number of rotatable bonds is 2. The number of carbonyl (C=O) groups excluding carboxylic acids is 1. The van der Waals surface area contributed by atoms with Crippen LogP contribution >= 0.6 is 0 Å². The molecule has 0 aliphatic carbocycles. The monoisotopic (exact) mass is 310 g/mol. The lowest BCUT2D eigenvalue weighted by Gasteiger charge is -2.24.